The van der Waals surface area contributed by atoms with E-state index < -0.39 is 80.2 Å². The molecule has 0 amide bonds. The van der Waals surface area contributed by atoms with Crippen LogP contribution in [0.5, 0.6) is 0 Å². The van der Waals surface area contributed by atoms with Gasteiger partial charge in [0.25, 0.3) is 40.1 Å². The topological polar surface area (TPSA) is 386 Å². The summed E-state index contributed by atoms with van der Waals surface area (Å²) in [6.45, 7) is 3.54. The van der Waals surface area contributed by atoms with Gasteiger partial charge in [0.1, 0.15) is 0 Å². The number of aromatic nitrogens is 4. The highest BCUT2D eigenvalue weighted by Crippen LogP contribution is 2.41. The van der Waals surface area contributed by atoms with Crippen molar-refractivity contribution in [2.24, 2.45) is 0 Å². The van der Waals surface area contributed by atoms with Crippen LogP contribution in [0.2, 0.25) is 15.1 Å². The summed E-state index contributed by atoms with van der Waals surface area (Å²) >= 11 is 19.3. The molecule has 136 heavy (non-hydrogen) atoms. The minimum absolute atomic E-state index is 0.0210. The van der Waals surface area contributed by atoms with E-state index in [4.69, 9.17) is 34.8 Å². The number of rotatable bonds is 20. The molecule has 0 radical (unpaired) electrons. The molecular weight excluding hydrogens is 1950 g/mol. The van der Waals surface area contributed by atoms with Crippen molar-refractivity contribution in [3.63, 3.8) is 0 Å². The average Bonchev–Trinajstić information content (AvgIpc) is 1.43. The van der Waals surface area contributed by atoms with Crippen molar-refractivity contribution in [2.75, 3.05) is 85.3 Å². The van der Waals surface area contributed by atoms with Crippen LogP contribution in [0.4, 0.5) is 45.5 Å². The Morgan fingerprint density at radius 1 is 0.287 bits per heavy atom. The first-order valence-electron chi connectivity index (χ1n) is 42.4. The molecule has 0 unspecified atom stereocenters. The lowest BCUT2D eigenvalue weighted by molar-refractivity contribution is 0.597. The fraction of sp³-hybridized carbons (Fsp3) is 0.134. The van der Waals surface area contributed by atoms with Gasteiger partial charge in [0, 0.05) is 111 Å². The molecule has 28 nitrogen and oxygen atoms in total. The molecule has 0 atom stereocenters. The van der Waals surface area contributed by atoms with Gasteiger partial charge in [-0.25, -0.2) is 72.3 Å². The van der Waals surface area contributed by atoms with Gasteiger partial charge in [-0.2, -0.15) is 0 Å². The van der Waals surface area contributed by atoms with Crippen LogP contribution in [0.1, 0.15) is 31.2 Å². The van der Waals surface area contributed by atoms with Gasteiger partial charge in [0.05, 0.1) is 109 Å². The summed E-state index contributed by atoms with van der Waals surface area (Å²) in [5, 5.41) is 8.17. The zero-order valence-corrected chi connectivity index (χ0v) is 80.8. The Balaban J connectivity index is 0.000000126. The number of benzene rings is 12. The molecular formula is C97H83Cl3N12O16S8. The van der Waals surface area contributed by atoms with E-state index in [0.717, 1.165) is 60.0 Å². The van der Waals surface area contributed by atoms with Crippen molar-refractivity contribution in [3.8, 4) is 45.0 Å². The maximum absolute atomic E-state index is 13.0. The molecule has 0 saturated carbocycles. The fourth-order valence-electron chi connectivity index (χ4n) is 16.2. The molecule has 39 heteroatoms. The highest BCUT2D eigenvalue weighted by molar-refractivity contribution is 7.95. The number of nitrogens with one attached hydrogen (secondary N) is 4. The second kappa shape index (κ2) is 38.7. The molecule has 8 heterocycles. The lowest BCUT2D eigenvalue weighted by Gasteiger charge is -2.17. The first-order valence-corrected chi connectivity index (χ1v) is 55.9. The van der Waals surface area contributed by atoms with Crippen molar-refractivity contribution < 1.29 is 67.3 Å². The van der Waals surface area contributed by atoms with Gasteiger partial charge in [-0.05, 0) is 248 Å². The Morgan fingerprint density at radius 3 is 0.875 bits per heavy atom. The highest BCUT2D eigenvalue weighted by atomic mass is 35.5. The Labute approximate surface area is 803 Å². The SMILES string of the molecule is Cc1ccc(NS(=O)(=O)c2ccc(N3CCCS3(=O)=O)cc2)cc1-c1nccc2ccccc12.O=S(=O)(Nc1ccc(Cl)c(-c2ccc3ccccc3n2)c1)c1ccc(N2CCCS2(=O)=O)cc1.O=S(=O)(Nc1ccc(Cl)c(-c2nccc3ccccc23)c1)c1ccc(N2CCCS2(=O)=O)cc1.O=S(=O)(Nc1ccc(Cl)c(-c2nccc3ccccc23)c1)c1ccc(N2CCCS2(=O)=O)cc1. The van der Waals surface area contributed by atoms with Crippen molar-refractivity contribution in [1.82, 2.24) is 19.9 Å². The van der Waals surface area contributed by atoms with Gasteiger partial charge < -0.3 is 0 Å². The van der Waals surface area contributed by atoms with Gasteiger partial charge >= 0.3 is 0 Å². The lowest BCUT2D eigenvalue weighted by Crippen LogP contribution is -2.25. The molecule has 4 N–H and O–H groups in total. The largest absolute Gasteiger partial charge is 0.280 e. The first kappa shape index (κ1) is 94.9. The second-order valence-corrected chi connectivity index (χ2v) is 48.0. The molecule has 4 aliphatic rings. The van der Waals surface area contributed by atoms with Gasteiger partial charge in [-0.3, -0.25) is 51.1 Å². The zero-order chi connectivity index (χ0) is 95.7. The maximum atomic E-state index is 13.0. The standard InChI is InChI=1S/C25H23N3O4S2.3C24H20ClN3O4S2/c1-18-7-8-20(17-24(18)25-23-6-3-2-5-19(23)13-14-26-25)27-34(31,32)22-11-9-21(10-12-22)28-15-4-16-33(28,29)30;25-22-12-7-18(16-21(22)24-13-6-17-4-1-2-5-23(17)26-24)27-34(31,32)20-10-8-19(9-11-20)28-14-3-15-33(28,29)30;2*25-23-11-6-18(16-22(23)24-21-5-2-1-4-17(21)12-13-26-24)27-34(31,32)20-9-7-19(8-10-20)28-14-3-15-33(28,29)30/h2-3,5-14,17,27H,4,15-16H2,1H3;3*1-2,4-13,16,27H,3,14-15H2. The van der Waals surface area contributed by atoms with Crippen molar-refractivity contribution in [3.05, 3.63) is 336 Å². The number of hydrogen-bond acceptors (Lipinski definition) is 20. The second-order valence-electron chi connectivity index (χ2n) is 32.0. The number of fused-ring (bicyclic) bond motifs is 4. The monoisotopic (exact) mass is 2030 g/mol. The van der Waals surface area contributed by atoms with Crippen molar-refractivity contribution >= 4 is 204 Å². The van der Waals surface area contributed by atoms with E-state index in [9.17, 15) is 67.3 Å². The quantitative estimate of drug-likeness (QED) is 0.0550. The summed E-state index contributed by atoms with van der Waals surface area (Å²) in [7, 11) is -29.0. The number of halogens is 3. The van der Waals surface area contributed by atoms with E-state index in [0.29, 0.717) is 146 Å². The average molecular weight is 2040 g/mol. The van der Waals surface area contributed by atoms with Crippen LogP contribution < -0.4 is 36.1 Å². The van der Waals surface area contributed by atoms with Crippen LogP contribution >= 0.6 is 34.8 Å². The van der Waals surface area contributed by atoms with E-state index in [2.05, 4.69) is 38.8 Å². The molecule has 16 aromatic rings. The van der Waals surface area contributed by atoms with Crippen LogP contribution in [0.15, 0.2) is 335 Å². The number of hydrogen-bond donors (Lipinski definition) is 4. The maximum Gasteiger partial charge on any atom is 0.261 e. The molecule has 4 aliphatic heterocycles. The summed E-state index contributed by atoms with van der Waals surface area (Å²) in [5.74, 6) is 0.396. The van der Waals surface area contributed by atoms with Gasteiger partial charge in [-0.1, -0.05) is 138 Å². The predicted molar refractivity (Wildman–Crippen MR) is 540 cm³/mol. The minimum Gasteiger partial charge on any atom is -0.280 e. The fourth-order valence-corrected chi connectivity index (χ4v) is 27.3. The lowest BCUT2D eigenvalue weighted by atomic mass is 10.00. The van der Waals surface area contributed by atoms with Crippen molar-refractivity contribution in [1.29, 1.82) is 0 Å². The van der Waals surface area contributed by atoms with Crippen LogP contribution in [-0.4, -0.2) is 136 Å². The molecule has 0 bridgehead atoms. The molecule has 0 aliphatic carbocycles. The van der Waals surface area contributed by atoms with E-state index in [1.54, 1.807) is 85.3 Å². The summed E-state index contributed by atoms with van der Waals surface area (Å²) < 4.78 is 217. The van der Waals surface area contributed by atoms with Crippen LogP contribution in [0.3, 0.4) is 0 Å². The number of aryl methyl sites for hydroxylation is 1. The smallest absolute Gasteiger partial charge is 0.261 e. The van der Waals surface area contributed by atoms with E-state index in [-0.39, 0.29) is 42.6 Å². The van der Waals surface area contributed by atoms with Crippen LogP contribution in [-0.2, 0) is 80.2 Å². The van der Waals surface area contributed by atoms with Gasteiger partial charge in [0.2, 0.25) is 40.1 Å². The number of nitrogens with zero attached hydrogens (tertiary/aromatic N) is 8. The highest BCUT2D eigenvalue weighted by Gasteiger charge is 2.34. The molecule has 4 aromatic heterocycles. The zero-order valence-electron chi connectivity index (χ0n) is 72.0. The Hall–Kier alpha value is -12.9. The third kappa shape index (κ3) is 20.8. The Morgan fingerprint density at radius 2 is 0.559 bits per heavy atom. The Bertz CT molecular complexity index is 7760. The number of para-hydroxylation sites is 1. The first-order chi connectivity index (χ1) is 65.0. The molecule has 20 rings (SSSR count). The number of sulfonamides is 8. The van der Waals surface area contributed by atoms with Gasteiger partial charge in [0.15, 0.2) is 0 Å². The normalized spacial score (nSPS) is 15.5. The van der Waals surface area contributed by atoms with Gasteiger partial charge in [-0.15, -0.1) is 0 Å². The van der Waals surface area contributed by atoms with Crippen molar-refractivity contribution in [2.45, 2.75) is 52.2 Å². The van der Waals surface area contributed by atoms with E-state index in [1.807, 2.05) is 140 Å². The molecule has 696 valence electrons. The van der Waals surface area contributed by atoms with E-state index in [1.165, 1.54) is 114 Å². The molecule has 4 saturated heterocycles. The summed E-state index contributed by atoms with van der Waals surface area (Å²) in [5.41, 5.74) is 10.4. The summed E-state index contributed by atoms with van der Waals surface area (Å²) in [6, 6.07) is 83.9. The predicted octanol–water partition coefficient (Wildman–Crippen LogP) is 19.2. The van der Waals surface area contributed by atoms with Crippen LogP contribution in [0.25, 0.3) is 88.2 Å². The molecule has 0 spiro atoms. The van der Waals surface area contributed by atoms with Crippen LogP contribution in [0, 0.1) is 6.92 Å². The van der Waals surface area contributed by atoms with E-state index >= 15 is 0 Å². The molecule has 12 aromatic carbocycles. The summed E-state index contributed by atoms with van der Waals surface area (Å²) in [6.07, 6.45) is 7.33. The number of anilines is 8. The number of pyridine rings is 4. The third-order valence-electron chi connectivity index (χ3n) is 22.9. The molecule has 4 fully saturated rings. The Kier molecular flexibility index (Phi) is 27.0. The summed E-state index contributed by atoms with van der Waals surface area (Å²) in [4.78, 5) is 18.3. The minimum atomic E-state index is -3.92. The third-order valence-corrected chi connectivity index (χ3v) is 37.0.